The van der Waals surface area contributed by atoms with Crippen molar-refractivity contribution in [2.75, 3.05) is 0 Å². The molecule has 0 atom stereocenters. The number of nitrogens with zero attached hydrogens (tertiary/aromatic N) is 1. The van der Waals surface area contributed by atoms with Crippen LogP contribution in [0.1, 0.15) is 6.42 Å². The molecule has 1 aromatic carbocycles. The second kappa shape index (κ2) is 5.37. The number of ether oxygens (including phenoxy) is 1. The number of esters is 1. The zero-order valence-electron chi connectivity index (χ0n) is 10.6. The van der Waals surface area contributed by atoms with Crippen LogP contribution in [0.2, 0.25) is 0 Å². The van der Waals surface area contributed by atoms with Gasteiger partial charge in [0.15, 0.2) is 5.58 Å². The summed E-state index contributed by atoms with van der Waals surface area (Å²) in [4.78, 5) is 21.9. The Morgan fingerprint density at radius 2 is 2.19 bits per heavy atom. The predicted octanol–water partition coefficient (Wildman–Crippen LogP) is 2.94. The Morgan fingerprint density at radius 3 is 2.90 bits per heavy atom. The average molecular weight is 303 g/mol. The topological polar surface area (TPSA) is 89.6 Å². The summed E-state index contributed by atoms with van der Waals surface area (Å²) in [5.74, 6) is -2.17. The normalized spacial score (nSPS) is 10.7. The quantitative estimate of drug-likeness (QED) is 0.588. The number of hydrogen-bond acceptors (Lipinski definition) is 6. The molecule has 0 aliphatic rings. The third-order valence-electron chi connectivity index (χ3n) is 2.80. The van der Waals surface area contributed by atoms with Crippen LogP contribution >= 0.6 is 11.3 Å². The number of thiophene rings is 1. The van der Waals surface area contributed by atoms with Crippen LogP contribution in [0, 0.1) is 0 Å². The van der Waals surface area contributed by atoms with E-state index in [-0.39, 0.29) is 5.88 Å². The molecule has 2 heterocycles. The fourth-order valence-corrected chi connectivity index (χ4v) is 2.58. The van der Waals surface area contributed by atoms with Gasteiger partial charge in [0, 0.05) is 5.56 Å². The summed E-state index contributed by atoms with van der Waals surface area (Å²) in [5, 5.41) is 16.7. The molecule has 3 aromatic rings. The van der Waals surface area contributed by atoms with E-state index in [1.54, 1.807) is 23.5 Å². The number of hydrogen-bond donors (Lipinski definition) is 1. The molecule has 7 heteroatoms. The van der Waals surface area contributed by atoms with Crippen LogP contribution in [0.3, 0.4) is 0 Å². The number of benzene rings is 1. The Morgan fingerprint density at radius 1 is 1.33 bits per heavy atom. The van der Waals surface area contributed by atoms with Gasteiger partial charge in [0.05, 0.1) is 5.39 Å². The lowest BCUT2D eigenvalue weighted by Gasteiger charge is -1.99. The Bertz CT molecular complexity index is 806. The Labute approximate surface area is 122 Å². The van der Waals surface area contributed by atoms with Crippen molar-refractivity contribution in [2.24, 2.45) is 0 Å². The molecule has 1 N–H and O–H groups in total. The first-order valence-corrected chi connectivity index (χ1v) is 6.93. The number of aliphatic carboxylic acids is 1. The van der Waals surface area contributed by atoms with Crippen molar-refractivity contribution < 1.29 is 24.0 Å². The zero-order valence-corrected chi connectivity index (χ0v) is 11.4. The summed E-state index contributed by atoms with van der Waals surface area (Å²) in [5.41, 5.74) is 2.31. The van der Waals surface area contributed by atoms with Crippen LogP contribution in [0.25, 0.3) is 22.1 Å². The lowest BCUT2D eigenvalue weighted by atomic mass is 10.1. The molecule has 0 amide bonds. The fraction of sp³-hybridized carbons (Fsp3) is 0.0714. The van der Waals surface area contributed by atoms with E-state index in [9.17, 15) is 9.59 Å². The minimum atomic E-state index is -1.26. The maximum atomic E-state index is 11.4. The molecule has 21 heavy (non-hydrogen) atoms. The van der Waals surface area contributed by atoms with E-state index in [1.807, 2.05) is 22.9 Å². The first kappa shape index (κ1) is 13.3. The Kier molecular flexibility index (Phi) is 3.41. The number of para-hydroxylation sites is 1. The predicted molar refractivity (Wildman–Crippen MR) is 75.2 cm³/mol. The van der Waals surface area contributed by atoms with Crippen molar-refractivity contribution in [3.8, 4) is 17.0 Å². The van der Waals surface area contributed by atoms with Crippen LogP contribution in [0.4, 0.5) is 0 Å². The molecule has 106 valence electrons. The van der Waals surface area contributed by atoms with Crippen molar-refractivity contribution >= 4 is 34.2 Å². The van der Waals surface area contributed by atoms with E-state index in [0.717, 1.165) is 11.1 Å². The minimum absolute atomic E-state index is 0.0201. The molecule has 0 spiro atoms. The Balaban J connectivity index is 1.98. The lowest BCUT2D eigenvalue weighted by Crippen LogP contribution is -2.13. The monoisotopic (exact) mass is 303 g/mol. The van der Waals surface area contributed by atoms with Gasteiger partial charge in [-0.2, -0.15) is 11.3 Å². The second-order valence-corrected chi connectivity index (χ2v) is 5.01. The molecule has 0 fully saturated rings. The van der Waals surface area contributed by atoms with Gasteiger partial charge in [-0.05, 0) is 33.6 Å². The zero-order chi connectivity index (χ0) is 14.8. The maximum Gasteiger partial charge on any atom is 0.323 e. The molecule has 3 rings (SSSR count). The van der Waals surface area contributed by atoms with Gasteiger partial charge in [-0.25, -0.2) is 0 Å². The highest BCUT2D eigenvalue weighted by atomic mass is 32.1. The van der Waals surface area contributed by atoms with E-state index in [1.165, 1.54) is 0 Å². The van der Waals surface area contributed by atoms with Crippen molar-refractivity contribution in [2.45, 2.75) is 6.42 Å². The minimum Gasteiger partial charge on any atom is -0.481 e. The molecule has 0 unspecified atom stereocenters. The molecular formula is C14H9NO5S. The molecule has 0 aliphatic carbocycles. The SMILES string of the molecule is O=C(O)CC(=O)Oc1noc2c(-c3ccsc3)cccc12. The van der Waals surface area contributed by atoms with Gasteiger partial charge in [0.25, 0.3) is 5.88 Å². The largest absolute Gasteiger partial charge is 0.481 e. The first-order chi connectivity index (χ1) is 10.1. The van der Waals surface area contributed by atoms with Crippen LogP contribution < -0.4 is 4.74 Å². The van der Waals surface area contributed by atoms with E-state index in [4.69, 9.17) is 14.4 Å². The molecule has 2 aromatic heterocycles. The van der Waals surface area contributed by atoms with Crippen LogP contribution in [0.15, 0.2) is 39.5 Å². The molecule has 0 radical (unpaired) electrons. The van der Waals surface area contributed by atoms with E-state index < -0.39 is 18.4 Å². The van der Waals surface area contributed by atoms with Gasteiger partial charge in [0.1, 0.15) is 6.42 Å². The number of fused-ring (bicyclic) bond motifs is 1. The van der Waals surface area contributed by atoms with Crippen LogP contribution in [-0.4, -0.2) is 22.2 Å². The molecule has 0 aliphatic heterocycles. The lowest BCUT2D eigenvalue weighted by molar-refractivity contribution is -0.145. The number of carbonyl (C=O) groups excluding carboxylic acids is 1. The van der Waals surface area contributed by atoms with E-state index in [2.05, 4.69) is 5.16 Å². The third-order valence-corrected chi connectivity index (χ3v) is 3.49. The van der Waals surface area contributed by atoms with Gasteiger partial charge in [-0.1, -0.05) is 12.1 Å². The molecular weight excluding hydrogens is 294 g/mol. The van der Waals surface area contributed by atoms with Gasteiger partial charge < -0.3 is 14.4 Å². The number of rotatable bonds is 4. The van der Waals surface area contributed by atoms with Gasteiger partial charge >= 0.3 is 11.9 Å². The summed E-state index contributed by atoms with van der Waals surface area (Å²) in [7, 11) is 0. The van der Waals surface area contributed by atoms with Crippen molar-refractivity contribution in [1.29, 1.82) is 0 Å². The van der Waals surface area contributed by atoms with Gasteiger partial charge in [-0.3, -0.25) is 9.59 Å². The van der Waals surface area contributed by atoms with Crippen molar-refractivity contribution in [3.05, 3.63) is 35.0 Å². The highest BCUT2D eigenvalue weighted by Gasteiger charge is 2.18. The summed E-state index contributed by atoms with van der Waals surface area (Å²) in [6.07, 6.45) is -0.724. The van der Waals surface area contributed by atoms with Crippen LogP contribution in [0.5, 0.6) is 5.88 Å². The summed E-state index contributed by atoms with van der Waals surface area (Å²) < 4.78 is 10.2. The Hall–Kier alpha value is -2.67. The second-order valence-electron chi connectivity index (χ2n) is 4.23. The summed E-state index contributed by atoms with van der Waals surface area (Å²) in [6.45, 7) is 0. The third kappa shape index (κ3) is 2.63. The number of carboxylic acids is 1. The maximum absolute atomic E-state index is 11.4. The molecule has 6 nitrogen and oxygen atoms in total. The standard InChI is InChI=1S/C14H9NO5S/c16-11(17)6-12(18)19-14-10-3-1-2-9(13(10)20-15-14)8-4-5-21-7-8/h1-5,7H,6H2,(H,16,17). The summed E-state index contributed by atoms with van der Waals surface area (Å²) in [6, 6.07) is 7.31. The van der Waals surface area contributed by atoms with E-state index in [0.29, 0.717) is 11.0 Å². The van der Waals surface area contributed by atoms with Crippen molar-refractivity contribution in [3.63, 3.8) is 0 Å². The van der Waals surface area contributed by atoms with Crippen LogP contribution in [-0.2, 0) is 9.59 Å². The number of aromatic nitrogens is 1. The average Bonchev–Trinajstić information content (AvgIpc) is 3.07. The van der Waals surface area contributed by atoms with Gasteiger partial charge in [-0.15, -0.1) is 0 Å². The fourth-order valence-electron chi connectivity index (χ4n) is 1.93. The van der Waals surface area contributed by atoms with Gasteiger partial charge in [0.2, 0.25) is 0 Å². The smallest absolute Gasteiger partial charge is 0.323 e. The summed E-state index contributed by atoms with van der Waals surface area (Å²) >= 11 is 1.55. The molecule has 0 saturated heterocycles. The highest BCUT2D eigenvalue weighted by Crippen LogP contribution is 2.34. The van der Waals surface area contributed by atoms with Crippen molar-refractivity contribution in [1.82, 2.24) is 5.16 Å². The molecule has 0 bridgehead atoms. The number of carbonyl (C=O) groups is 2. The first-order valence-electron chi connectivity index (χ1n) is 5.98. The van der Waals surface area contributed by atoms with E-state index >= 15 is 0 Å². The number of carboxylic acid groups (broad SMARTS) is 1. The highest BCUT2D eigenvalue weighted by molar-refractivity contribution is 7.08. The molecule has 0 saturated carbocycles.